The van der Waals surface area contributed by atoms with Crippen molar-refractivity contribution in [3.05, 3.63) is 84.2 Å². The van der Waals surface area contributed by atoms with Crippen LogP contribution in [0.15, 0.2) is 72.9 Å². The Hall–Kier alpha value is -3.44. The lowest BCUT2D eigenvalue weighted by Crippen LogP contribution is -2.37. The first-order valence-electron chi connectivity index (χ1n) is 12.5. The first kappa shape index (κ1) is 23.3. The number of fused-ring (bicyclic) bond motifs is 1. The maximum Gasteiger partial charge on any atom is 0.213 e. The minimum Gasteiger partial charge on any atom is -0.481 e. The number of methoxy groups -OCH3 is 1. The van der Waals surface area contributed by atoms with Crippen LogP contribution in [-0.4, -0.2) is 36.3 Å². The molecule has 2 aromatic carbocycles. The summed E-state index contributed by atoms with van der Waals surface area (Å²) < 4.78 is 11.7. The Morgan fingerprint density at radius 1 is 0.971 bits per heavy atom. The van der Waals surface area contributed by atoms with E-state index in [1.54, 1.807) is 7.11 Å². The maximum absolute atomic E-state index is 6.30. The van der Waals surface area contributed by atoms with Gasteiger partial charge in [-0.15, -0.1) is 0 Å². The lowest BCUT2D eigenvalue weighted by atomic mass is 9.90. The van der Waals surface area contributed by atoms with Gasteiger partial charge in [0.1, 0.15) is 0 Å². The molecule has 2 aromatic heterocycles. The number of para-hydroxylation sites is 1. The van der Waals surface area contributed by atoms with E-state index in [0.29, 0.717) is 18.4 Å². The number of hydrogen-bond donors (Lipinski definition) is 0. The highest BCUT2D eigenvalue weighted by atomic mass is 16.5. The molecule has 180 valence electrons. The van der Waals surface area contributed by atoms with Gasteiger partial charge in [0.25, 0.3) is 0 Å². The normalized spacial score (nSPS) is 14.6. The van der Waals surface area contributed by atoms with Crippen molar-refractivity contribution < 1.29 is 9.47 Å². The summed E-state index contributed by atoms with van der Waals surface area (Å²) in [6.07, 6.45) is 4.07. The smallest absolute Gasteiger partial charge is 0.213 e. The second kappa shape index (κ2) is 10.4. The quantitative estimate of drug-likeness (QED) is 0.306. The summed E-state index contributed by atoms with van der Waals surface area (Å²) in [5, 5.41) is 1.16. The number of piperidine rings is 1. The van der Waals surface area contributed by atoms with Crippen LogP contribution in [0.2, 0.25) is 0 Å². The van der Waals surface area contributed by atoms with E-state index in [4.69, 9.17) is 14.5 Å². The van der Waals surface area contributed by atoms with Crippen molar-refractivity contribution in [2.45, 2.75) is 45.3 Å². The fraction of sp³-hybridized carbons (Fsp3) is 0.333. The van der Waals surface area contributed by atoms with E-state index in [0.717, 1.165) is 48.1 Å². The summed E-state index contributed by atoms with van der Waals surface area (Å²) in [6, 6.07) is 23.2. The van der Waals surface area contributed by atoms with E-state index in [1.165, 1.54) is 16.8 Å². The monoisotopic (exact) mass is 467 g/mol. The molecule has 4 aromatic rings. The molecule has 0 spiro atoms. The van der Waals surface area contributed by atoms with Gasteiger partial charge in [-0.25, -0.2) is 4.98 Å². The van der Waals surface area contributed by atoms with Crippen molar-refractivity contribution in [2.24, 2.45) is 0 Å². The number of aromatic nitrogens is 2. The molecule has 0 amide bonds. The number of rotatable bonds is 7. The van der Waals surface area contributed by atoms with Crippen LogP contribution >= 0.6 is 0 Å². The highest BCUT2D eigenvalue weighted by Crippen LogP contribution is 2.39. The third kappa shape index (κ3) is 5.15. The SMILES string of the molecule is COc1cc(-c2c(C(C)C)cccc2N2CCC(OCc3ccc4ccccc4n3)CC2)ccn1. The van der Waals surface area contributed by atoms with E-state index in [-0.39, 0.29) is 6.10 Å². The summed E-state index contributed by atoms with van der Waals surface area (Å²) in [7, 11) is 1.67. The van der Waals surface area contributed by atoms with Gasteiger partial charge >= 0.3 is 0 Å². The third-order valence-corrected chi connectivity index (χ3v) is 6.84. The Labute approximate surface area is 207 Å². The molecule has 1 fully saturated rings. The van der Waals surface area contributed by atoms with Gasteiger partial charge < -0.3 is 14.4 Å². The van der Waals surface area contributed by atoms with Crippen molar-refractivity contribution >= 4 is 16.6 Å². The van der Waals surface area contributed by atoms with Gasteiger partial charge in [0.2, 0.25) is 5.88 Å². The van der Waals surface area contributed by atoms with Crippen LogP contribution in [-0.2, 0) is 11.3 Å². The standard InChI is InChI=1S/C30H33N3O2/c1-21(2)26-8-6-10-28(30(26)23-13-16-31-29(19-23)34-3)33-17-14-25(15-18-33)35-20-24-12-11-22-7-4-5-9-27(22)32-24/h4-13,16,19,21,25H,14-15,17-18,20H2,1-3H3. The van der Waals surface area contributed by atoms with Gasteiger partial charge in [0.05, 0.1) is 31.0 Å². The van der Waals surface area contributed by atoms with Crippen LogP contribution in [0.1, 0.15) is 43.9 Å². The van der Waals surface area contributed by atoms with Crippen LogP contribution in [0.5, 0.6) is 5.88 Å². The number of ether oxygens (including phenoxy) is 2. The lowest BCUT2D eigenvalue weighted by Gasteiger charge is -2.35. The van der Waals surface area contributed by atoms with Crippen molar-refractivity contribution in [3.63, 3.8) is 0 Å². The highest BCUT2D eigenvalue weighted by Gasteiger charge is 2.24. The van der Waals surface area contributed by atoms with Gasteiger partial charge in [-0.05, 0) is 54.2 Å². The highest BCUT2D eigenvalue weighted by molar-refractivity contribution is 5.82. The fourth-order valence-electron chi connectivity index (χ4n) is 4.95. The van der Waals surface area contributed by atoms with Crippen LogP contribution in [0, 0.1) is 0 Å². The van der Waals surface area contributed by atoms with Gasteiger partial charge in [0.15, 0.2) is 0 Å². The fourth-order valence-corrected chi connectivity index (χ4v) is 4.95. The second-order valence-electron chi connectivity index (χ2n) is 9.48. The molecule has 0 unspecified atom stereocenters. The number of nitrogens with zero attached hydrogens (tertiary/aromatic N) is 3. The van der Waals surface area contributed by atoms with E-state index in [9.17, 15) is 0 Å². The molecule has 5 rings (SSSR count). The number of benzene rings is 2. The largest absolute Gasteiger partial charge is 0.481 e. The molecule has 5 nitrogen and oxygen atoms in total. The molecule has 0 saturated carbocycles. The Kier molecular flexibility index (Phi) is 6.96. The Morgan fingerprint density at radius 3 is 2.60 bits per heavy atom. The number of pyridine rings is 2. The molecule has 1 saturated heterocycles. The van der Waals surface area contributed by atoms with Gasteiger partial charge in [-0.3, -0.25) is 4.98 Å². The maximum atomic E-state index is 6.30. The minimum absolute atomic E-state index is 0.247. The molecule has 0 radical (unpaired) electrons. The topological polar surface area (TPSA) is 47.5 Å². The summed E-state index contributed by atoms with van der Waals surface area (Å²) in [5.74, 6) is 1.06. The molecule has 0 atom stereocenters. The number of hydrogen-bond acceptors (Lipinski definition) is 5. The van der Waals surface area contributed by atoms with Gasteiger partial charge in [0, 0.05) is 42.0 Å². The van der Waals surface area contributed by atoms with Crippen LogP contribution in [0.25, 0.3) is 22.0 Å². The van der Waals surface area contributed by atoms with Crippen LogP contribution < -0.4 is 9.64 Å². The van der Waals surface area contributed by atoms with E-state index in [1.807, 2.05) is 24.4 Å². The molecule has 0 bridgehead atoms. The molecule has 35 heavy (non-hydrogen) atoms. The first-order valence-corrected chi connectivity index (χ1v) is 12.5. The molecule has 1 aliphatic rings. The van der Waals surface area contributed by atoms with Crippen molar-refractivity contribution in [3.8, 4) is 17.0 Å². The van der Waals surface area contributed by atoms with Crippen LogP contribution in [0.4, 0.5) is 5.69 Å². The zero-order chi connectivity index (χ0) is 24.2. The average Bonchev–Trinajstić information content (AvgIpc) is 2.91. The molecule has 3 heterocycles. The molecule has 0 aliphatic carbocycles. The average molecular weight is 468 g/mol. The zero-order valence-electron chi connectivity index (χ0n) is 20.8. The summed E-state index contributed by atoms with van der Waals surface area (Å²) >= 11 is 0. The molecule has 1 aliphatic heterocycles. The zero-order valence-corrected chi connectivity index (χ0v) is 20.8. The third-order valence-electron chi connectivity index (χ3n) is 6.84. The lowest BCUT2D eigenvalue weighted by molar-refractivity contribution is 0.0236. The summed E-state index contributed by atoms with van der Waals surface area (Å²) in [4.78, 5) is 11.6. The van der Waals surface area contributed by atoms with Crippen LogP contribution in [0.3, 0.4) is 0 Å². The van der Waals surface area contributed by atoms with Crippen molar-refractivity contribution in [2.75, 3.05) is 25.1 Å². The summed E-state index contributed by atoms with van der Waals surface area (Å²) in [5.41, 5.74) is 7.06. The first-order chi connectivity index (χ1) is 17.1. The predicted octanol–water partition coefficient (Wildman–Crippen LogP) is 6.61. The summed E-state index contributed by atoms with van der Waals surface area (Å²) in [6.45, 7) is 6.99. The molecule has 0 N–H and O–H groups in total. The van der Waals surface area contributed by atoms with E-state index in [2.05, 4.69) is 72.3 Å². The van der Waals surface area contributed by atoms with Gasteiger partial charge in [-0.2, -0.15) is 0 Å². The number of anilines is 1. The Balaban J connectivity index is 1.30. The van der Waals surface area contributed by atoms with E-state index >= 15 is 0 Å². The Bertz CT molecular complexity index is 1300. The van der Waals surface area contributed by atoms with Crippen molar-refractivity contribution in [1.82, 2.24) is 9.97 Å². The van der Waals surface area contributed by atoms with Gasteiger partial charge in [-0.1, -0.05) is 50.2 Å². The molecule has 5 heteroatoms. The molecular formula is C30H33N3O2. The van der Waals surface area contributed by atoms with Crippen molar-refractivity contribution in [1.29, 1.82) is 0 Å². The minimum atomic E-state index is 0.247. The predicted molar refractivity (Wildman–Crippen MR) is 142 cm³/mol. The second-order valence-corrected chi connectivity index (χ2v) is 9.48. The van der Waals surface area contributed by atoms with E-state index < -0.39 is 0 Å². The molecular weight excluding hydrogens is 434 g/mol. The Morgan fingerprint density at radius 2 is 1.80 bits per heavy atom.